The number of nitrogens with zero attached hydrogens (tertiary/aromatic N) is 4. The zero-order valence-corrected chi connectivity index (χ0v) is 15.4. The molecule has 3 aromatic rings. The fourth-order valence-electron chi connectivity index (χ4n) is 3.28. The molecule has 0 radical (unpaired) electrons. The first-order valence-corrected chi connectivity index (χ1v) is 9.01. The molecule has 1 aliphatic rings. The molecule has 2 heterocycles. The zero-order valence-electron chi connectivity index (χ0n) is 15.4. The van der Waals surface area contributed by atoms with E-state index in [0.717, 1.165) is 0 Å². The van der Waals surface area contributed by atoms with E-state index < -0.39 is 24.0 Å². The first-order valence-electron chi connectivity index (χ1n) is 9.01. The van der Waals surface area contributed by atoms with E-state index in [1.165, 1.54) is 10.7 Å². The summed E-state index contributed by atoms with van der Waals surface area (Å²) in [5.74, 6) is -1.44. The first-order chi connectivity index (χ1) is 13.8. The summed E-state index contributed by atoms with van der Waals surface area (Å²) in [5, 5.41) is 15.3. The van der Waals surface area contributed by atoms with E-state index in [1.807, 2.05) is 6.07 Å². The fourth-order valence-corrected chi connectivity index (χ4v) is 3.28. The highest BCUT2D eigenvalue weighted by Crippen LogP contribution is 2.40. The molecule has 2 aromatic heterocycles. The van der Waals surface area contributed by atoms with Crippen LogP contribution in [0.2, 0.25) is 0 Å². The number of amides is 1. The summed E-state index contributed by atoms with van der Waals surface area (Å²) in [7, 11) is 0. The van der Waals surface area contributed by atoms with Gasteiger partial charge in [0.15, 0.2) is 5.65 Å². The minimum Gasteiger partial charge on any atom is -0.340 e. The van der Waals surface area contributed by atoms with E-state index in [4.69, 9.17) is 5.26 Å². The quantitative estimate of drug-likeness (QED) is 0.726. The Hall–Kier alpha value is -3.41. The fraction of sp³-hybridized carbons (Fsp3) is 0.300. The number of nitrogens with one attached hydrogen (secondary N) is 1. The number of carbonyl (C=O) groups is 1. The maximum absolute atomic E-state index is 13.3. The summed E-state index contributed by atoms with van der Waals surface area (Å²) >= 11 is 0. The molecule has 0 saturated heterocycles. The number of hydrogen-bond donors (Lipinski definition) is 1. The second kappa shape index (κ2) is 6.88. The molecule has 9 heteroatoms. The van der Waals surface area contributed by atoms with Gasteiger partial charge in [0.1, 0.15) is 11.6 Å². The van der Waals surface area contributed by atoms with Crippen molar-refractivity contribution < 1.29 is 18.0 Å². The largest absolute Gasteiger partial charge is 0.408 e. The molecule has 1 N–H and O–H groups in total. The van der Waals surface area contributed by atoms with Crippen molar-refractivity contribution in [2.75, 3.05) is 0 Å². The van der Waals surface area contributed by atoms with Crippen molar-refractivity contribution in [2.45, 2.75) is 32.0 Å². The minimum atomic E-state index is -4.51. The van der Waals surface area contributed by atoms with Gasteiger partial charge in [0.25, 0.3) is 5.91 Å². The van der Waals surface area contributed by atoms with Crippen molar-refractivity contribution in [3.05, 3.63) is 53.3 Å². The Morgan fingerprint density at radius 1 is 1.34 bits per heavy atom. The van der Waals surface area contributed by atoms with Crippen molar-refractivity contribution in [1.82, 2.24) is 19.9 Å². The summed E-state index contributed by atoms with van der Waals surface area (Å²) in [4.78, 5) is 17.1. The van der Waals surface area contributed by atoms with Crippen LogP contribution in [0.15, 0.2) is 36.5 Å². The molecule has 29 heavy (non-hydrogen) atoms. The van der Waals surface area contributed by atoms with Gasteiger partial charge in [-0.25, -0.2) is 9.50 Å². The summed E-state index contributed by atoms with van der Waals surface area (Å²) in [6.07, 6.45) is -2.40. The molecule has 0 aliphatic heterocycles. The number of benzene rings is 1. The number of rotatable bonds is 4. The zero-order chi connectivity index (χ0) is 20.8. The van der Waals surface area contributed by atoms with Crippen LogP contribution in [0.25, 0.3) is 16.9 Å². The third-order valence-corrected chi connectivity index (χ3v) is 4.91. The molecule has 1 amide bonds. The van der Waals surface area contributed by atoms with Crippen molar-refractivity contribution in [1.29, 1.82) is 5.26 Å². The molecule has 0 spiro atoms. The van der Waals surface area contributed by atoms with Crippen LogP contribution in [0.1, 0.15) is 34.5 Å². The van der Waals surface area contributed by atoms with Gasteiger partial charge in [-0.05, 0) is 43.9 Å². The topological polar surface area (TPSA) is 83.1 Å². The standard InChI is InChI=1S/C20H16F3N5O/c1-11-7-16(14-4-2-3-12(8-14)9-24)26-18-15(10-25-28(11)18)19(29)27-17(13-5-6-13)20(21,22)23/h2-4,7-8,10,13,17H,5-6H2,1H3,(H,27,29). The van der Waals surface area contributed by atoms with Gasteiger partial charge in [0, 0.05) is 11.3 Å². The van der Waals surface area contributed by atoms with Gasteiger partial charge in [-0.3, -0.25) is 4.79 Å². The van der Waals surface area contributed by atoms with Gasteiger partial charge >= 0.3 is 6.18 Å². The number of halogens is 3. The number of fused-ring (bicyclic) bond motifs is 1. The highest BCUT2D eigenvalue weighted by atomic mass is 19.4. The lowest BCUT2D eigenvalue weighted by atomic mass is 10.1. The van der Waals surface area contributed by atoms with E-state index in [9.17, 15) is 18.0 Å². The third-order valence-electron chi connectivity index (χ3n) is 4.91. The molecular weight excluding hydrogens is 383 g/mol. The predicted octanol–water partition coefficient (Wildman–Crippen LogP) is 3.65. The van der Waals surface area contributed by atoms with Gasteiger partial charge in [0.05, 0.1) is 23.5 Å². The molecule has 1 atom stereocenters. The lowest BCUT2D eigenvalue weighted by Gasteiger charge is -2.20. The Kier molecular flexibility index (Phi) is 4.49. The summed E-state index contributed by atoms with van der Waals surface area (Å²) in [6.45, 7) is 1.75. The van der Waals surface area contributed by atoms with E-state index in [0.29, 0.717) is 35.4 Å². The molecule has 1 unspecified atom stereocenters. The first kappa shape index (κ1) is 18.9. The number of aryl methyl sites for hydroxylation is 1. The maximum Gasteiger partial charge on any atom is 0.408 e. The van der Waals surface area contributed by atoms with Gasteiger partial charge in [-0.15, -0.1) is 0 Å². The Bertz CT molecular complexity index is 1140. The molecule has 1 aromatic carbocycles. The summed E-state index contributed by atoms with van der Waals surface area (Å²) in [6, 6.07) is 8.70. The van der Waals surface area contributed by atoms with E-state index in [-0.39, 0.29) is 11.2 Å². The van der Waals surface area contributed by atoms with Crippen LogP contribution in [0, 0.1) is 24.2 Å². The molecule has 4 rings (SSSR count). The van der Waals surface area contributed by atoms with Crippen LogP contribution in [0.3, 0.4) is 0 Å². The van der Waals surface area contributed by atoms with Crippen LogP contribution < -0.4 is 5.32 Å². The monoisotopic (exact) mass is 399 g/mol. The SMILES string of the molecule is Cc1cc(-c2cccc(C#N)c2)nc2c(C(=O)NC(C3CC3)C(F)(F)F)cnn12. The van der Waals surface area contributed by atoms with E-state index >= 15 is 0 Å². The van der Waals surface area contributed by atoms with Gasteiger partial charge in [0.2, 0.25) is 0 Å². The average molecular weight is 399 g/mol. The molecular formula is C20H16F3N5O. The predicted molar refractivity (Wildman–Crippen MR) is 97.9 cm³/mol. The van der Waals surface area contributed by atoms with Crippen molar-refractivity contribution in [2.24, 2.45) is 5.92 Å². The van der Waals surface area contributed by atoms with Crippen LogP contribution in [0.4, 0.5) is 13.2 Å². The molecule has 6 nitrogen and oxygen atoms in total. The molecule has 1 aliphatic carbocycles. The van der Waals surface area contributed by atoms with Crippen LogP contribution in [0.5, 0.6) is 0 Å². The average Bonchev–Trinajstić information content (AvgIpc) is 3.42. The Morgan fingerprint density at radius 3 is 2.76 bits per heavy atom. The normalized spacial score (nSPS) is 15.1. The number of nitriles is 1. The van der Waals surface area contributed by atoms with Crippen molar-refractivity contribution in [3.63, 3.8) is 0 Å². The minimum absolute atomic E-state index is 0.0266. The lowest BCUT2D eigenvalue weighted by molar-refractivity contribution is -0.158. The number of aromatic nitrogens is 3. The van der Waals surface area contributed by atoms with E-state index in [1.54, 1.807) is 37.3 Å². The summed E-state index contributed by atoms with van der Waals surface area (Å²) < 4.78 is 41.2. The van der Waals surface area contributed by atoms with Crippen LogP contribution in [-0.2, 0) is 0 Å². The third kappa shape index (κ3) is 3.66. The molecule has 148 valence electrons. The highest BCUT2D eigenvalue weighted by Gasteiger charge is 2.49. The Morgan fingerprint density at radius 2 is 2.10 bits per heavy atom. The molecule has 1 saturated carbocycles. The van der Waals surface area contributed by atoms with Crippen molar-refractivity contribution >= 4 is 11.6 Å². The van der Waals surface area contributed by atoms with Gasteiger partial charge in [-0.2, -0.15) is 23.5 Å². The second-order valence-electron chi connectivity index (χ2n) is 7.10. The molecule has 0 bridgehead atoms. The number of hydrogen-bond acceptors (Lipinski definition) is 4. The summed E-state index contributed by atoms with van der Waals surface area (Å²) in [5.41, 5.74) is 2.40. The lowest BCUT2D eigenvalue weighted by Crippen LogP contribution is -2.46. The number of alkyl halides is 3. The number of carbonyl (C=O) groups excluding carboxylic acids is 1. The molecule has 1 fully saturated rings. The van der Waals surface area contributed by atoms with Gasteiger partial charge < -0.3 is 5.32 Å². The highest BCUT2D eigenvalue weighted by molar-refractivity contribution is 6.00. The van der Waals surface area contributed by atoms with Crippen molar-refractivity contribution in [3.8, 4) is 17.3 Å². The van der Waals surface area contributed by atoms with Crippen LogP contribution >= 0.6 is 0 Å². The second-order valence-corrected chi connectivity index (χ2v) is 7.10. The van der Waals surface area contributed by atoms with Gasteiger partial charge in [-0.1, -0.05) is 12.1 Å². The smallest absolute Gasteiger partial charge is 0.340 e. The van der Waals surface area contributed by atoms with E-state index in [2.05, 4.69) is 15.4 Å². The van der Waals surface area contributed by atoms with Crippen LogP contribution in [-0.4, -0.2) is 32.7 Å². The maximum atomic E-state index is 13.3. The Labute approximate surface area is 164 Å². The Balaban J connectivity index is 1.73.